The molecule has 1 aromatic carbocycles. The normalized spacial score (nSPS) is 19.4. The van der Waals surface area contributed by atoms with E-state index in [9.17, 15) is 9.59 Å². The van der Waals surface area contributed by atoms with Crippen molar-refractivity contribution in [3.8, 4) is 0 Å². The van der Waals surface area contributed by atoms with Crippen LogP contribution in [0.4, 0.5) is 10.5 Å². The van der Waals surface area contributed by atoms with Crippen molar-refractivity contribution in [1.29, 1.82) is 0 Å². The predicted octanol–water partition coefficient (Wildman–Crippen LogP) is 2.92. The summed E-state index contributed by atoms with van der Waals surface area (Å²) in [6.07, 6.45) is 1.83. The molecule has 2 rings (SSSR count). The van der Waals surface area contributed by atoms with Crippen LogP contribution in [-0.2, 0) is 4.79 Å². The number of thioether (sulfide) groups is 1. The highest BCUT2D eigenvalue weighted by atomic mass is 32.2. The summed E-state index contributed by atoms with van der Waals surface area (Å²) >= 11 is 1.05. The highest BCUT2D eigenvalue weighted by Gasteiger charge is 2.39. The minimum absolute atomic E-state index is 0.137. The number of hydrogen-bond acceptors (Lipinski definition) is 4. The average molecular weight is 264 g/mol. The molecule has 0 radical (unpaired) electrons. The Kier molecular flexibility index (Phi) is 4.25. The average Bonchev–Trinajstić information content (AvgIpc) is 2.64. The van der Waals surface area contributed by atoms with Crippen LogP contribution in [0.3, 0.4) is 0 Å². The van der Waals surface area contributed by atoms with Crippen molar-refractivity contribution in [2.45, 2.75) is 25.1 Å². The molecule has 1 aromatic rings. The third kappa shape index (κ3) is 2.85. The highest BCUT2D eigenvalue weighted by molar-refractivity contribution is 8.15. The molecule has 0 spiro atoms. The van der Waals surface area contributed by atoms with Crippen LogP contribution in [-0.4, -0.2) is 28.0 Å². The second-order valence-corrected chi connectivity index (χ2v) is 5.17. The first-order valence-corrected chi connectivity index (χ1v) is 6.94. The number of amides is 2. The standard InChI is InChI=1S/C13H16N2O2S/c1-2-3-9-15-12(16)11(18-13(15)17)14-10-7-5-4-6-8-10/h4-8,11,14H,2-3,9H2,1H3. The molecule has 2 amide bonds. The van der Waals surface area contributed by atoms with Gasteiger partial charge in [-0.05, 0) is 30.3 Å². The number of anilines is 1. The lowest BCUT2D eigenvalue weighted by atomic mass is 10.3. The molecule has 0 aromatic heterocycles. The van der Waals surface area contributed by atoms with Gasteiger partial charge in [0.1, 0.15) is 0 Å². The molecule has 1 aliphatic heterocycles. The number of nitrogens with one attached hydrogen (secondary N) is 1. The zero-order chi connectivity index (χ0) is 13.0. The zero-order valence-electron chi connectivity index (χ0n) is 10.3. The Balaban J connectivity index is 1.99. The Bertz CT molecular complexity index is 436. The maximum atomic E-state index is 12.0. The second-order valence-electron chi connectivity index (χ2n) is 4.12. The molecule has 0 aliphatic carbocycles. The first kappa shape index (κ1) is 13.0. The van der Waals surface area contributed by atoms with Crippen LogP contribution in [0.1, 0.15) is 19.8 Å². The molecule has 1 unspecified atom stereocenters. The predicted molar refractivity (Wildman–Crippen MR) is 73.5 cm³/mol. The van der Waals surface area contributed by atoms with Crippen molar-refractivity contribution in [2.24, 2.45) is 0 Å². The topological polar surface area (TPSA) is 49.4 Å². The first-order valence-electron chi connectivity index (χ1n) is 6.06. The molecule has 1 aliphatic rings. The third-order valence-electron chi connectivity index (χ3n) is 2.74. The summed E-state index contributed by atoms with van der Waals surface area (Å²) in [5, 5.41) is 2.44. The van der Waals surface area contributed by atoms with Crippen LogP contribution in [0.5, 0.6) is 0 Å². The summed E-state index contributed by atoms with van der Waals surface area (Å²) in [5.74, 6) is -0.137. The van der Waals surface area contributed by atoms with E-state index in [1.165, 1.54) is 4.90 Å². The largest absolute Gasteiger partial charge is 0.365 e. The van der Waals surface area contributed by atoms with Crippen LogP contribution >= 0.6 is 11.8 Å². The Morgan fingerprint density at radius 2 is 2.00 bits per heavy atom. The summed E-state index contributed by atoms with van der Waals surface area (Å²) in [6, 6.07) is 9.46. The van der Waals surface area contributed by atoms with E-state index < -0.39 is 5.37 Å². The van der Waals surface area contributed by atoms with Gasteiger partial charge in [-0.25, -0.2) is 0 Å². The van der Waals surface area contributed by atoms with E-state index >= 15 is 0 Å². The van der Waals surface area contributed by atoms with Gasteiger partial charge in [0.05, 0.1) is 0 Å². The molecule has 1 N–H and O–H groups in total. The van der Waals surface area contributed by atoms with Gasteiger partial charge in [-0.15, -0.1) is 0 Å². The molecular weight excluding hydrogens is 248 g/mol. The number of benzene rings is 1. The zero-order valence-corrected chi connectivity index (χ0v) is 11.1. The van der Waals surface area contributed by atoms with Crippen LogP contribution in [0, 0.1) is 0 Å². The second kappa shape index (κ2) is 5.91. The molecule has 1 fully saturated rings. The number of rotatable bonds is 5. The van der Waals surface area contributed by atoms with E-state index in [1.54, 1.807) is 0 Å². The monoisotopic (exact) mass is 264 g/mol. The quantitative estimate of drug-likeness (QED) is 0.888. The number of nitrogens with zero attached hydrogens (tertiary/aromatic N) is 1. The maximum Gasteiger partial charge on any atom is 0.290 e. The molecule has 96 valence electrons. The Morgan fingerprint density at radius 1 is 1.28 bits per heavy atom. The number of unbranched alkanes of at least 4 members (excludes halogenated alkanes) is 1. The molecule has 1 atom stereocenters. The van der Waals surface area contributed by atoms with Crippen LogP contribution in [0.2, 0.25) is 0 Å². The summed E-state index contributed by atoms with van der Waals surface area (Å²) in [7, 11) is 0. The van der Waals surface area contributed by atoms with Gasteiger partial charge in [0.2, 0.25) is 0 Å². The number of hydrogen-bond donors (Lipinski definition) is 1. The van der Waals surface area contributed by atoms with Gasteiger partial charge < -0.3 is 5.32 Å². The van der Waals surface area contributed by atoms with Crippen LogP contribution in [0.15, 0.2) is 30.3 Å². The van der Waals surface area contributed by atoms with Gasteiger partial charge in [0, 0.05) is 12.2 Å². The Labute approximate surface area is 111 Å². The van der Waals surface area contributed by atoms with E-state index in [0.29, 0.717) is 6.54 Å². The molecule has 4 nitrogen and oxygen atoms in total. The summed E-state index contributed by atoms with van der Waals surface area (Å²) in [5.41, 5.74) is 0.855. The third-order valence-corrected chi connectivity index (χ3v) is 3.71. The highest BCUT2D eigenvalue weighted by Crippen LogP contribution is 2.28. The van der Waals surface area contributed by atoms with Gasteiger partial charge in [0.15, 0.2) is 5.37 Å². The van der Waals surface area contributed by atoms with Gasteiger partial charge in [-0.2, -0.15) is 0 Å². The summed E-state index contributed by atoms with van der Waals surface area (Å²) < 4.78 is 0. The van der Waals surface area contributed by atoms with Gasteiger partial charge in [0.25, 0.3) is 11.1 Å². The van der Waals surface area contributed by atoms with Crippen molar-refractivity contribution < 1.29 is 9.59 Å². The lowest BCUT2D eigenvalue weighted by Gasteiger charge is -2.14. The van der Waals surface area contributed by atoms with E-state index in [2.05, 4.69) is 5.32 Å². The van der Waals surface area contributed by atoms with Crippen molar-refractivity contribution in [2.75, 3.05) is 11.9 Å². The molecule has 1 heterocycles. The van der Waals surface area contributed by atoms with Crippen LogP contribution in [0.25, 0.3) is 0 Å². The minimum Gasteiger partial charge on any atom is -0.365 e. The fraction of sp³-hybridized carbons (Fsp3) is 0.385. The number of imide groups is 1. The number of para-hydroxylation sites is 1. The lowest BCUT2D eigenvalue weighted by Crippen LogP contribution is -2.34. The Hall–Kier alpha value is -1.49. The van der Waals surface area contributed by atoms with E-state index in [0.717, 1.165) is 30.3 Å². The van der Waals surface area contributed by atoms with E-state index in [4.69, 9.17) is 0 Å². The molecule has 1 saturated heterocycles. The lowest BCUT2D eigenvalue weighted by molar-refractivity contribution is -0.126. The van der Waals surface area contributed by atoms with Gasteiger partial charge in [-0.3, -0.25) is 14.5 Å². The first-order chi connectivity index (χ1) is 8.72. The van der Waals surface area contributed by atoms with E-state index in [1.807, 2.05) is 37.3 Å². The van der Waals surface area contributed by atoms with E-state index in [-0.39, 0.29) is 11.1 Å². The summed E-state index contributed by atoms with van der Waals surface area (Å²) in [4.78, 5) is 25.1. The van der Waals surface area contributed by atoms with Crippen molar-refractivity contribution in [3.05, 3.63) is 30.3 Å². The maximum absolute atomic E-state index is 12.0. The molecule has 0 bridgehead atoms. The fourth-order valence-corrected chi connectivity index (χ4v) is 2.67. The SMILES string of the molecule is CCCCN1C(=O)SC(Nc2ccccc2)C1=O. The molecule has 0 saturated carbocycles. The van der Waals surface area contributed by atoms with Crippen molar-refractivity contribution in [3.63, 3.8) is 0 Å². The smallest absolute Gasteiger partial charge is 0.290 e. The van der Waals surface area contributed by atoms with Crippen LogP contribution < -0.4 is 5.32 Å². The summed E-state index contributed by atoms with van der Waals surface area (Å²) in [6.45, 7) is 2.56. The van der Waals surface area contributed by atoms with Crippen molar-refractivity contribution >= 4 is 28.6 Å². The molecule has 18 heavy (non-hydrogen) atoms. The van der Waals surface area contributed by atoms with Crippen molar-refractivity contribution in [1.82, 2.24) is 4.90 Å². The number of carbonyl (C=O) groups is 2. The van der Waals surface area contributed by atoms with Gasteiger partial charge >= 0.3 is 0 Å². The fourth-order valence-electron chi connectivity index (χ4n) is 1.74. The number of carbonyl (C=O) groups excluding carboxylic acids is 2. The molecular formula is C13H16N2O2S. The Morgan fingerprint density at radius 3 is 2.67 bits per heavy atom. The minimum atomic E-state index is -0.489. The van der Waals surface area contributed by atoms with Gasteiger partial charge in [-0.1, -0.05) is 31.5 Å². The molecule has 5 heteroatoms.